The fraction of sp³-hybridized carbons (Fsp3) is 0.136. The zero-order valence-electron chi connectivity index (χ0n) is 15.8. The molecule has 29 heavy (non-hydrogen) atoms. The first-order valence-electron chi connectivity index (χ1n) is 8.90. The molecule has 4 rings (SSSR count). The number of hydrogen-bond donors (Lipinski definition) is 0. The van der Waals surface area contributed by atoms with Crippen LogP contribution in [0.5, 0.6) is 5.75 Å². The Kier molecular flexibility index (Phi) is 5.51. The molecule has 0 saturated carbocycles. The lowest BCUT2D eigenvalue weighted by Gasteiger charge is -2.05. The summed E-state index contributed by atoms with van der Waals surface area (Å²) >= 11 is 3.13. The highest BCUT2D eigenvalue weighted by molar-refractivity contribution is 8.00. The van der Waals surface area contributed by atoms with E-state index in [0.717, 1.165) is 21.0 Å². The number of rotatable bonds is 6. The van der Waals surface area contributed by atoms with Gasteiger partial charge in [0.25, 0.3) is 0 Å². The molecule has 2 aromatic heterocycles. The number of thiazole rings is 1. The van der Waals surface area contributed by atoms with Crippen LogP contribution >= 0.6 is 23.1 Å². The molecule has 2 aromatic carbocycles. The van der Waals surface area contributed by atoms with Crippen molar-refractivity contribution in [1.29, 1.82) is 0 Å². The van der Waals surface area contributed by atoms with Crippen molar-refractivity contribution in [3.05, 3.63) is 76.5 Å². The molecule has 0 atom stereocenters. The first-order chi connectivity index (χ1) is 14.0. The van der Waals surface area contributed by atoms with Crippen molar-refractivity contribution in [3.63, 3.8) is 0 Å². The molecule has 0 amide bonds. The van der Waals surface area contributed by atoms with E-state index in [4.69, 9.17) is 9.15 Å². The van der Waals surface area contributed by atoms with Crippen molar-refractivity contribution in [2.75, 3.05) is 0 Å². The maximum absolute atomic E-state index is 12.8. The molecule has 146 valence electrons. The molecule has 7 heteroatoms. The zero-order valence-corrected chi connectivity index (χ0v) is 17.4. The van der Waals surface area contributed by atoms with Gasteiger partial charge in [-0.1, -0.05) is 30.0 Å². The zero-order chi connectivity index (χ0) is 20.4. The Morgan fingerprint density at radius 3 is 2.59 bits per heavy atom. The number of ether oxygens (including phenoxy) is 1. The molecule has 0 unspecified atom stereocenters. The molecular formula is C22H17NO4S2. The quantitative estimate of drug-likeness (QED) is 0.166. The summed E-state index contributed by atoms with van der Waals surface area (Å²) in [7, 11) is 0. The summed E-state index contributed by atoms with van der Waals surface area (Å²) in [4.78, 5) is 28.7. The number of fused-ring (bicyclic) bond motifs is 1. The second-order valence-corrected chi connectivity index (χ2v) is 8.50. The Hall–Kier alpha value is -2.90. The number of nitrogens with zero attached hydrogens (tertiary/aromatic N) is 1. The maximum atomic E-state index is 12.8. The standard InChI is InChI=1S/C22H17NO4S2/c1-13-11-28-22(23-13)29-12-18-17-5-3-4-6-19(17)27-20(18)21(25)26-16-9-7-15(8-10-16)14(2)24/h3-11H,12H2,1-2H3. The van der Waals surface area contributed by atoms with Crippen molar-refractivity contribution >= 4 is 45.8 Å². The average Bonchev–Trinajstić information content (AvgIpc) is 3.30. The summed E-state index contributed by atoms with van der Waals surface area (Å²) in [6, 6.07) is 14.0. The van der Waals surface area contributed by atoms with Crippen LogP contribution in [0.4, 0.5) is 0 Å². The molecule has 0 bridgehead atoms. The summed E-state index contributed by atoms with van der Waals surface area (Å²) in [5, 5.41) is 2.88. The van der Waals surface area contributed by atoms with Gasteiger partial charge in [-0.05, 0) is 44.2 Å². The van der Waals surface area contributed by atoms with Crippen LogP contribution in [0, 0.1) is 6.92 Å². The van der Waals surface area contributed by atoms with Gasteiger partial charge in [0.2, 0.25) is 5.76 Å². The number of esters is 1. The molecule has 0 fully saturated rings. The fourth-order valence-corrected chi connectivity index (χ4v) is 4.73. The Labute approximate surface area is 175 Å². The van der Waals surface area contributed by atoms with E-state index < -0.39 is 5.97 Å². The second kappa shape index (κ2) is 8.23. The number of carbonyl (C=O) groups is 2. The minimum atomic E-state index is -0.567. The van der Waals surface area contributed by atoms with Crippen LogP contribution in [0.1, 0.15) is 39.1 Å². The van der Waals surface area contributed by atoms with Gasteiger partial charge < -0.3 is 9.15 Å². The summed E-state index contributed by atoms with van der Waals surface area (Å²) in [6.45, 7) is 3.44. The number of thioether (sulfide) groups is 1. The largest absolute Gasteiger partial charge is 0.449 e. The molecule has 0 aliphatic heterocycles. The Bertz CT molecular complexity index is 1190. The van der Waals surface area contributed by atoms with E-state index in [1.165, 1.54) is 6.92 Å². The SMILES string of the molecule is CC(=O)c1ccc(OC(=O)c2oc3ccccc3c2CSc2nc(C)cs2)cc1. The van der Waals surface area contributed by atoms with Gasteiger partial charge in [0, 0.05) is 33.3 Å². The summed E-state index contributed by atoms with van der Waals surface area (Å²) in [6.07, 6.45) is 0. The number of hydrogen-bond acceptors (Lipinski definition) is 7. The molecule has 0 radical (unpaired) electrons. The van der Waals surface area contributed by atoms with Crippen LogP contribution in [-0.2, 0) is 5.75 Å². The summed E-state index contributed by atoms with van der Waals surface area (Å²) < 4.78 is 12.3. The van der Waals surface area contributed by atoms with Gasteiger partial charge in [0.05, 0.1) is 0 Å². The molecule has 4 aromatic rings. The highest BCUT2D eigenvalue weighted by Crippen LogP contribution is 2.33. The third-order valence-corrected chi connectivity index (χ3v) is 6.46. The number of para-hydroxylation sites is 1. The van der Waals surface area contributed by atoms with E-state index in [9.17, 15) is 9.59 Å². The third-order valence-electron chi connectivity index (χ3n) is 4.29. The molecule has 2 heterocycles. The van der Waals surface area contributed by atoms with Crippen molar-refractivity contribution in [2.24, 2.45) is 0 Å². The van der Waals surface area contributed by atoms with E-state index in [0.29, 0.717) is 22.6 Å². The van der Waals surface area contributed by atoms with Crippen molar-refractivity contribution in [1.82, 2.24) is 4.98 Å². The number of aromatic nitrogens is 1. The van der Waals surface area contributed by atoms with E-state index in [-0.39, 0.29) is 11.5 Å². The predicted octanol–water partition coefficient (Wildman–Crippen LogP) is 5.91. The van der Waals surface area contributed by atoms with Crippen molar-refractivity contribution < 1.29 is 18.7 Å². The lowest BCUT2D eigenvalue weighted by molar-refractivity contribution is 0.0702. The number of Topliss-reactive ketones (excluding diaryl/α,β-unsaturated/α-hetero) is 1. The molecule has 0 spiro atoms. The van der Waals surface area contributed by atoms with E-state index in [1.807, 2.05) is 36.6 Å². The highest BCUT2D eigenvalue weighted by Gasteiger charge is 2.23. The number of ketones is 1. The molecular weight excluding hydrogens is 406 g/mol. The minimum Gasteiger partial charge on any atom is -0.449 e. The Morgan fingerprint density at radius 1 is 1.14 bits per heavy atom. The predicted molar refractivity (Wildman–Crippen MR) is 114 cm³/mol. The van der Waals surface area contributed by atoms with E-state index in [2.05, 4.69) is 4.98 Å². The van der Waals surface area contributed by atoms with Gasteiger partial charge in [-0.25, -0.2) is 9.78 Å². The normalized spacial score (nSPS) is 11.0. The molecule has 0 N–H and O–H groups in total. The molecule has 0 aliphatic carbocycles. The van der Waals surface area contributed by atoms with Crippen LogP contribution in [0.25, 0.3) is 11.0 Å². The number of benzene rings is 2. The van der Waals surface area contributed by atoms with Crippen LogP contribution < -0.4 is 4.74 Å². The lowest BCUT2D eigenvalue weighted by atomic mass is 10.1. The van der Waals surface area contributed by atoms with Gasteiger partial charge in [-0.15, -0.1) is 11.3 Å². The van der Waals surface area contributed by atoms with Gasteiger partial charge >= 0.3 is 5.97 Å². The first kappa shape index (κ1) is 19.4. The second-order valence-electron chi connectivity index (χ2n) is 6.42. The molecule has 0 aliphatic rings. The van der Waals surface area contributed by atoms with Crippen LogP contribution in [0.15, 0.2) is 62.7 Å². The van der Waals surface area contributed by atoms with Crippen molar-refractivity contribution in [2.45, 2.75) is 23.9 Å². The minimum absolute atomic E-state index is 0.0445. The van der Waals surface area contributed by atoms with Gasteiger partial charge in [-0.3, -0.25) is 4.79 Å². The van der Waals surface area contributed by atoms with E-state index >= 15 is 0 Å². The average molecular weight is 424 g/mol. The Balaban J connectivity index is 1.61. The van der Waals surface area contributed by atoms with E-state index in [1.54, 1.807) is 47.4 Å². The highest BCUT2D eigenvalue weighted by atomic mass is 32.2. The molecule has 5 nitrogen and oxygen atoms in total. The van der Waals surface area contributed by atoms with Gasteiger partial charge in [0.1, 0.15) is 15.7 Å². The first-order valence-corrected chi connectivity index (χ1v) is 10.8. The van der Waals surface area contributed by atoms with Gasteiger partial charge in [-0.2, -0.15) is 0 Å². The number of aryl methyl sites for hydroxylation is 1. The summed E-state index contributed by atoms with van der Waals surface area (Å²) in [5.41, 5.74) is 2.95. The molecule has 0 saturated heterocycles. The topological polar surface area (TPSA) is 69.4 Å². The van der Waals surface area contributed by atoms with Crippen LogP contribution in [0.2, 0.25) is 0 Å². The number of carbonyl (C=O) groups excluding carboxylic acids is 2. The van der Waals surface area contributed by atoms with Crippen LogP contribution in [-0.4, -0.2) is 16.7 Å². The third kappa shape index (κ3) is 4.26. The maximum Gasteiger partial charge on any atom is 0.379 e. The smallest absolute Gasteiger partial charge is 0.379 e. The summed E-state index contributed by atoms with van der Waals surface area (Å²) in [5.74, 6) is 0.467. The Morgan fingerprint density at radius 2 is 1.90 bits per heavy atom. The number of furan rings is 1. The lowest BCUT2D eigenvalue weighted by Crippen LogP contribution is -2.09. The van der Waals surface area contributed by atoms with Crippen LogP contribution in [0.3, 0.4) is 0 Å². The monoisotopic (exact) mass is 423 g/mol. The van der Waals surface area contributed by atoms with Gasteiger partial charge in [0.15, 0.2) is 5.78 Å². The fourth-order valence-electron chi connectivity index (χ4n) is 2.85. The van der Waals surface area contributed by atoms with Crippen molar-refractivity contribution in [3.8, 4) is 5.75 Å².